The van der Waals surface area contributed by atoms with Gasteiger partial charge in [-0.1, -0.05) is 0 Å². The van der Waals surface area contributed by atoms with Crippen molar-refractivity contribution in [2.75, 3.05) is 14.2 Å². The molecule has 0 unspecified atom stereocenters. The molecule has 0 saturated carbocycles. The van der Waals surface area contributed by atoms with Crippen molar-refractivity contribution < 1.29 is 18.7 Å². The number of hydrogen-bond donors (Lipinski definition) is 0. The average Bonchev–Trinajstić information content (AvgIpc) is 2.17. The van der Waals surface area contributed by atoms with Gasteiger partial charge in [-0.2, -0.15) is 0 Å². The van der Waals surface area contributed by atoms with Crippen LogP contribution in [0.25, 0.3) is 0 Å². The van der Waals surface area contributed by atoms with Gasteiger partial charge in [0.2, 0.25) is 0 Å². The molecule has 0 N–H and O–H groups in total. The largest absolute Gasteiger partial charge is 0.464 e. The van der Waals surface area contributed by atoms with Crippen LogP contribution in [0.15, 0.2) is 12.3 Å². The molecule has 0 fully saturated rings. The summed E-state index contributed by atoms with van der Waals surface area (Å²) in [5.41, 5.74) is 0.454. The Bertz CT molecular complexity index is 341. The Morgan fingerprint density at radius 2 is 2.29 bits per heavy atom. The summed E-state index contributed by atoms with van der Waals surface area (Å²) in [5, 5.41) is 0. The lowest BCUT2D eigenvalue weighted by Crippen LogP contribution is -2.09. The Morgan fingerprint density at radius 3 is 2.86 bits per heavy atom. The maximum Gasteiger partial charge on any atom is 0.357 e. The van der Waals surface area contributed by atoms with Gasteiger partial charge < -0.3 is 9.47 Å². The van der Waals surface area contributed by atoms with Crippen molar-refractivity contribution in [1.82, 2.24) is 4.98 Å². The number of nitrogens with zero attached hydrogens (tertiary/aromatic N) is 1. The van der Waals surface area contributed by atoms with Crippen molar-refractivity contribution in [2.24, 2.45) is 0 Å². The molecule has 0 spiro atoms. The van der Waals surface area contributed by atoms with Crippen molar-refractivity contribution in [3.8, 4) is 0 Å². The topological polar surface area (TPSA) is 48.4 Å². The predicted molar refractivity (Wildman–Crippen MR) is 46.2 cm³/mol. The summed E-state index contributed by atoms with van der Waals surface area (Å²) in [6.07, 6.45) is 0.964. The van der Waals surface area contributed by atoms with E-state index in [4.69, 9.17) is 4.74 Å². The molecule has 0 aliphatic rings. The molecule has 0 aromatic carbocycles. The summed E-state index contributed by atoms with van der Waals surface area (Å²) in [5.74, 6) is -1.11. The Labute approximate surface area is 80.7 Å². The maximum absolute atomic E-state index is 12.8. The van der Waals surface area contributed by atoms with Crippen LogP contribution in [0.5, 0.6) is 0 Å². The van der Waals surface area contributed by atoms with Crippen LogP contribution in [0.1, 0.15) is 16.1 Å². The van der Waals surface area contributed by atoms with E-state index in [9.17, 15) is 9.18 Å². The van der Waals surface area contributed by atoms with Gasteiger partial charge in [-0.15, -0.1) is 0 Å². The fraction of sp³-hybridized carbons (Fsp3) is 0.333. The Hall–Kier alpha value is -1.49. The quantitative estimate of drug-likeness (QED) is 0.685. The molecule has 4 nitrogen and oxygen atoms in total. The van der Waals surface area contributed by atoms with Gasteiger partial charge >= 0.3 is 5.97 Å². The number of hydrogen-bond acceptors (Lipinski definition) is 4. The smallest absolute Gasteiger partial charge is 0.357 e. The van der Waals surface area contributed by atoms with Crippen LogP contribution in [0.4, 0.5) is 4.39 Å². The van der Waals surface area contributed by atoms with Crippen LogP contribution in [-0.2, 0) is 16.1 Å². The third-order valence-electron chi connectivity index (χ3n) is 1.61. The highest BCUT2D eigenvalue weighted by atomic mass is 19.1. The normalized spacial score (nSPS) is 9.93. The summed E-state index contributed by atoms with van der Waals surface area (Å²) >= 11 is 0. The van der Waals surface area contributed by atoms with Gasteiger partial charge in [-0.3, -0.25) is 0 Å². The standard InChI is InChI=1S/C9H10FNO3/c1-13-5-6-3-7(10)4-11-8(6)9(12)14-2/h3-4H,5H2,1-2H3. The molecular weight excluding hydrogens is 189 g/mol. The highest BCUT2D eigenvalue weighted by Gasteiger charge is 2.13. The number of methoxy groups -OCH3 is 2. The minimum atomic E-state index is -0.600. The maximum atomic E-state index is 12.8. The van der Waals surface area contributed by atoms with Gasteiger partial charge in [0.05, 0.1) is 19.9 Å². The molecule has 0 bridgehead atoms. The number of halogens is 1. The highest BCUT2D eigenvalue weighted by Crippen LogP contribution is 2.10. The highest BCUT2D eigenvalue weighted by molar-refractivity contribution is 5.88. The third kappa shape index (κ3) is 2.26. The summed E-state index contributed by atoms with van der Waals surface area (Å²) in [4.78, 5) is 14.8. The third-order valence-corrected chi connectivity index (χ3v) is 1.61. The second-order valence-corrected chi connectivity index (χ2v) is 2.59. The Morgan fingerprint density at radius 1 is 1.57 bits per heavy atom. The van der Waals surface area contributed by atoms with Crippen LogP contribution in [0.3, 0.4) is 0 Å². The lowest BCUT2D eigenvalue weighted by Gasteiger charge is -2.05. The molecule has 0 saturated heterocycles. The molecule has 76 valence electrons. The molecule has 0 aliphatic heterocycles. The zero-order chi connectivity index (χ0) is 10.6. The minimum absolute atomic E-state index is 0.0794. The van der Waals surface area contributed by atoms with Crippen molar-refractivity contribution >= 4 is 5.97 Å². The molecular formula is C9H10FNO3. The molecule has 0 amide bonds. The van der Waals surface area contributed by atoms with Crippen molar-refractivity contribution in [1.29, 1.82) is 0 Å². The number of rotatable bonds is 3. The van der Waals surface area contributed by atoms with Gasteiger partial charge in [-0.25, -0.2) is 14.2 Å². The van der Waals surface area contributed by atoms with Crippen molar-refractivity contribution in [3.63, 3.8) is 0 Å². The van der Waals surface area contributed by atoms with E-state index in [0.29, 0.717) is 5.56 Å². The molecule has 1 aromatic rings. The van der Waals surface area contributed by atoms with Gasteiger partial charge in [0.25, 0.3) is 0 Å². The van der Waals surface area contributed by atoms with E-state index in [0.717, 1.165) is 6.20 Å². The number of aromatic nitrogens is 1. The molecule has 1 heterocycles. The number of pyridine rings is 1. The average molecular weight is 199 g/mol. The van der Waals surface area contributed by atoms with E-state index in [2.05, 4.69) is 9.72 Å². The number of ether oxygens (including phenoxy) is 2. The van der Waals surface area contributed by atoms with Crippen molar-refractivity contribution in [2.45, 2.75) is 6.61 Å². The number of carbonyl (C=O) groups is 1. The van der Waals surface area contributed by atoms with Gasteiger partial charge in [0.15, 0.2) is 5.69 Å². The first kappa shape index (κ1) is 10.6. The van der Waals surface area contributed by atoms with Gasteiger partial charge in [0, 0.05) is 12.7 Å². The molecule has 0 radical (unpaired) electrons. The monoisotopic (exact) mass is 199 g/mol. The second-order valence-electron chi connectivity index (χ2n) is 2.59. The zero-order valence-corrected chi connectivity index (χ0v) is 7.91. The zero-order valence-electron chi connectivity index (χ0n) is 7.91. The van der Waals surface area contributed by atoms with E-state index in [1.165, 1.54) is 20.3 Å². The summed E-state index contributed by atoms with van der Waals surface area (Å²) < 4.78 is 22.1. The van der Waals surface area contributed by atoms with Crippen LogP contribution in [-0.4, -0.2) is 25.2 Å². The van der Waals surface area contributed by atoms with Crippen molar-refractivity contribution in [3.05, 3.63) is 29.3 Å². The first-order valence-corrected chi connectivity index (χ1v) is 3.90. The van der Waals surface area contributed by atoms with E-state index >= 15 is 0 Å². The molecule has 0 atom stereocenters. The van der Waals surface area contributed by atoms with E-state index < -0.39 is 11.8 Å². The summed E-state index contributed by atoms with van der Waals surface area (Å²) in [7, 11) is 2.69. The van der Waals surface area contributed by atoms with Crippen LogP contribution >= 0.6 is 0 Å². The van der Waals surface area contributed by atoms with Crippen LogP contribution < -0.4 is 0 Å². The second kappa shape index (κ2) is 4.66. The number of carbonyl (C=O) groups excluding carboxylic acids is 1. The molecule has 1 aromatic heterocycles. The molecule has 5 heteroatoms. The van der Waals surface area contributed by atoms with E-state index in [-0.39, 0.29) is 12.3 Å². The van der Waals surface area contributed by atoms with E-state index in [1.807, 2.05) is 0 Å². The van der Waals surface area contributed by atoms with E-state index in [1.54, 1.807) is 0 Å². The fourth-order valence-electron chi connectivity index (χ4n) is 1.03. The predicted octanol–water partition coefficient (Wildman–Crippen LogP) is 1.15. The molecule has 14 heavy (non-hydrogen) atoms. The molecule has 1 rings (SSSR count). The van der Waals surface area contributed by atoms with Gasteiger partial charge in [0.1, 0.15) is 5.82 Å². The fourth-order valence-corrected chi connectivity index (χ4v) is 1.03. The summed E-state index contributed by atoms with van der Waals surface area (Å²) in [6.45, 7) is 0.120. The van der Waals surface area contributed by atoms with Gasteiger partial charge in [-0.05, 0) is 6.07 Å². The minimum Gasteiger partial charge on any atom is -0.464 e. The SMILES string of the molecule is COCc1cc(F)cnc1C(=O)OC. The lowest BCUT2D eigenvalue weighted by molar-refractivity contribution is 0.0588. The van der Waals surface area contributed by atoms with Crippen LogP contribution in [0, 0.1) is 5.82 Å². The molecule has 0 aliphatic carbocycles. The number of esters is 1. The van der Waals surface area contributed by atoms with Crippen LogP contribution in [0.2, 0.25) is 0 Å². The summed E-state index contributed by atoms with van der Waals surface area (Å²) in [6, 6.07) is 1.20. The lowest BCUT2D eigenvalue weighted by atomic mass is 10.2. The Balaban J connectivity index is 3.07. The Kier molecular flexibility index (Phi) is 3.53. The first-order chi connectivity index (χ1) is 6.69. The first-order valence-electron chi connectivity index (χ1n) is 3.90.